The minimum atomic E-state index is -1.01. The maximum atomic E-state index is 11.3. The number of amides is 1. The number of carboxylic acid groups (broad SMARTS) is 1. The molecule has 0 fully saturated rings. The fraction of sp³-hybridized carbons (Fsp3) is 0.263. The van der Waals surface area contributed by atoms with Gasteiger partial charge in [0, 0.05) is 11.6 Å². The highest BCUT2D eigenvalue weighted by atomic mass is 35.5. The average molecular weight is 378 g/mol. The number of carboxylic acids is 1. The van der Waals surface area contributed by atoms with E-state index < -0.39 is 18.2 Å². The molecule has 7 heteroatoms. The number of halogens is 1. The lowest BCUT2D eigenvalue weighted by atomic mass is 9.95. The smallest absolute Gasteiger partial charge is 0.406 e. The molecule has 6 nitrogen and oxygen atoms in total. The van der Waals surface area contributed by atoms with Gasteiger partial charge in [-0.15, -0.1) is 0 Å². The maximum absolute atomic E-state index is 11.3. The van der Waals surface area contributed by atoms with Crippen molar-refractivity contribution in [2.24, 2.45) is 0 Å². The number of hydrogen-bond acceptors (Lipinski definition) is 4. The normalized spacial score (nSPS) is 11.7. The molecule has 0 aliphatic carbocycles. The van der Waals surface area contributed by atoms with Crippen molar-refractivity contribution in [3.8, 4) is 0 Å². The van der Waals surface area contributed by atoms with E-state index in [1.54, 1.807) is 36.4 Å². The number of ether oxygens (including phenoxy) is 2. The van der Waals surface area contributed by atoms with Gasteiger partial charge in [0.25, 0.3) is 0 Å². The van der Waals surface area contributed by atoms with Crippen LogP contribution in [-0.4, -0.2) is 37.4 Å². The van der Waals surface area contributed by atoms with Gasteiger partial charge < -0.3 is 19.9 Å². The van der Waals surface area contributed by atoms with E-state index in [1.807, 2.05) is 13.0 Å². The maximum Gasteiger partial charge on any atom is 0.406 e. The van der Waals surface area contributed by atoms with Crippen LogP contribution in [0, 0.1) is 6.92 Å². The molecule has 0 aliphatic rings. The summed E-state index contributed by atoms with van der Waals surface area (Å²) in [5.74, 6) is -1.01. The molecule has 0 aromatic heterocycles. The second-order valence-electron chi connectivity index (χ2n) is 5.60. The number of benzene rings is 2. The van der Waals surface area contributed by atoms with Gasteiger partial charge >= 0.3 is 12.1 Å². The van der Waals surface area contributed by atoms with Crippen LogP contribution < -0.4 is 5.32 Å². The van der Waals surface area contributed by atoms with E-state index in [-0.39, 0.29) is 18.7 Å². The number of alkyl carbamates (subject to hydrolysis) is 1. The van der Waals surface area contributed by atoms with Gasteiger partial charge in [-0.1, -0.05) is 29.8 Å². The molecule has 2 aromatic rings. The van der Waals surface area contributed by atoms with Crippen molar-refractivity contribution in [2.75, 3.05) is 20.3 Å². The monoisotopic (exact) mass is 377 g/mol. The van der Waals surface area contributed by atoms with Crippen LogP contribution >= 0.6 is 11.6 Å². The van der Waals surface area contributed by atoms with Crippen LogP contribution in [0.5, 0.6) is 0 Å². The van der Waals surface area contributed by atoms with E-state index in [9.17, 15) is 14.7 Å². The van der Waals surface area contributed by atoms with Gasteiger partial charge in [-0.3, -0.25) is 0 Å². The van der Waals surface area contributed by atoms with Crippen molar-refractivity contribution in [1.82, 2.24) is 5.32 Å². The van der Waals surface area contributed by atoms with Crippen molar-refractivity contribution in [2.45, 2.75) is 13.0 Å². The molecule has 0 saturated heterocycles. The third-order valence-electron chi connectivity index (χ3n) is 3.80. The summed E-state index contributed by atoms with van der Waals surface area (Å²) in [6, 6.07) is 12.1. The molecular weight excluding hydrogens is 358 g/mol. The summed E-state index contributed by atoms with van der Waals surface area (Å²) in [6.45, 7) is 2.35. The largest absolute Gasteiger partial charge is 0.478 e. The Bertz CT molecular complexity index is 793. The molecule has 2 aromatic carbocycles. The third-order valence-corrected chi connectivity index (χ3v) is 4.04. The second-order valence-corrected chi connectivity index (χ2v) is 6.04. The summed E-state index contributed by atoms with van der Waals surface area (Å²) in [4.78, 5) is 22.5. The molecule has 138 valence electrons. The van der Waals surface area contributed by atoms with Gasteiger partial charge in [-0.2, -0.15) is 0 Å². The van der Waals surface area contributed by atoms with E-state index in [2.05, 4.69) is 10.1 Å². The first kappa shape index (κ1) is 19.8. The number of hydrogen-bond donors (Lipinski definition) is 2. The van der Waals surface area contributed by atoms with Crippen LogP contribution in [0.4, 0.5) is 4.79 Å². The summed E-state index contributed by atoms with van der Waals surface area (Å²) < 4.78 is 10.5. The lowest BCUT2D eigenvalue weighted by Crippen LogP contribution is -2.27. The molecule has 0 saturated carbocycles. The molecular formula is C19H20ClNO5. The van der Waals surface area contributed by atoms with Crippen LogP contribution in [0.3, 0.4) is 0 Å². The first-order valence-corrected chi connectivity index (χ1v) is 8.33. The summed E-state index contributed by atoms with van der Waals surface area (Å²) >= 11 is 6.10. The second kappa shape index (κ2) is 9.22. The molecule has 0 radical (unpaired) electrons. The van der Waals surface area contributed by atoms with E-state index >= 15 is 0 Å². The third kappa shape index (κ3) is 5.21. The summed E-state index contributed by atoms with van der Waals surface area (Å²) in [5, 5.41) is 12.4. The number of carbonyl (C=O) groups is 2. The highest BCUT2D eigenvalue weighted by Crippen LogP contribution is 2.30. The van der Waals surface area contributed by atoms with Crippen LogP contribution in [0.2, 0.25) is 5.02 Å². The van der Waals surface area contributed by atoms with Crippen molar-refractivity contribution < 1.29 is 24.2 Å². The zero-order valence-electron chi connectivity index (χ0n) is 14.5. The summed E-state index contributed by atoms with van der Waals surface area (Å²) in [7, 11) is 1.28. The topological polar surface area (TPSA) is 84.9 Å². The number of aromatic carboxylic acids is 1. The van der Waals surface area contributed by atoms with Crippen molar-refractivity contribution in [3.63, 3.8) is 0 Å². The van der Waals surface area contributed by atoms with E-state index in [1.165, 1.54) is 7.11 Å². The van der Waals surface area contributed by atoms with Crippen LogP contribution in [0.15, 0.2) is 42.5 Å². The minimum absolute atomic E-state index is 0.175. The fourth-order valence-electron chi connectivity index (χ4n) is 2.49. The van der Waals surface area contributed by atoms with Gasteiger partial charge in [0.15, 0.2) is 0 Å². The molecule has 0 heterocycles. The highest BCUT2D eigenvalue weighted by molar-refractivity contribution is 6.30. The number of rotatable bonds is 7. The first-order valence-electron chi connectivity index (χ1n) is 7.95. The molecule has 0 spiro atoms. The molecule has 0 bridgehead atoms. The van der Waals surface area contributed by atoms with Gasteiger partial charge in [-0.05, 0) is 47.9 Å². The van der Waals surface area contributed by atoms with Crippen molar-refractivity contribution in [3.05, 3.63) is 69.7 Å². The van der Waals surface area contributed by atoms with E-state index in [0.29, 0.717) is 5.02 Å². The van der Waals surface area contributed by atoms with Crippen LogP contribution in [-0.2, 0) is 9.47 Å². The van der Waals surface area contributed by atoms with Crippen LogP contribution in [0.1, 0.15) is 33.2 Å². The Morgan fingerprint density at radius 2 is 2.00 bits per heavy atom. The first-order chi connectivity index (χ1) is 12.4. The van der Waals surface area contributed by atoms with Crippen LogP contribution in [0.25, 0.3) is 0 Å². The molecule has 26 heavy (non-hydrogen) atoms. The standard InChI is InChI=1S/C19H20ClNO5/c1-12-6-7-14(18(22)23)11-16(12)17(13-4-3-5-15(20)10-13)26-9-8-21-19(24)25-2/h3-7,10-11,17H,8-9H2,1-2H3,(H,21,24)(H,22,23). The fourth-order valence-corrected chi connectivity index (χ4v) is 2.69. The van der Waals surface area contributed by atoms with Gasteiger partial charge in [0.05, 0.1) is 19.3 Å². The summed E-state index contributed by atoms with van der Waals surface area (Å²) in [6.07, 6.45) is -1.07. The minimum Gasteiger partial charge on any atom is -0.478 e. The summed E-state index contributed by atoms with van der Waals surface area (Å²) in [5.41, 5.74) is 2.58. The Kier molecular flexibility index (Phi) is 7.00. The zero-order chi connectivity index (χ0) is 19.1. The molecule has 1 unspecified atom stereocenters. The Morgan fingerprint density at radius 3 is 2.65 bits per heavy atom. The van der Waals surface area contributed by atoms with Crippen molar-refractivity contribution >= 4 is 23.7 Å². The number of aryl methyl sites for hydroxylation is 1. The predicted octanol–water partition coefficient (Wildman–Crippen LogP) is 3.81. The highest BCUT2D eigenvalue weighted by Gasteiger charge is 2.19. The number of carbonyl (C=O) groups excluding carboxylic acids is 1. The molecule has 0 aliphatic heterocycles. The van der Waals surface area contributed by atoms with Gasteiger partial charge in [0.2, 0.25) is 0 Å². The predicted molar refractivity (Wildman–Crippen MR) is 97.8 cm³/mol. The Morgan fingerprint density at radius 1 is 1.23 bits per heavy atom. The van der Waals surface area contributed by atoms with Gasteiger partial charge in [-0.25, -0.2) is 9.59 Å². The Hall–Kier alpha value is -2.57. The van der Waals surface area contributed by atoms with Gasteiger partial charge in [0.1, 0.15) is 6.10 Å². The SMILES string of the molecule is COC(=O)NCCOC(c1cccc(Cl)c1)c1cc(C(=O)O)ccc1C. The zero-order valence-corrected chi connectivity index (χ0v) is 15.2. The Balaban J connectivity index is 2.30. The molecule has 1 atom stereocenters. The molecule has 2 N–H and O–H groups in total. The van der Waals surface area contributed by atoms with Crippen molar-refractivity contribution in [1.29, 1.82) is 0 Å². The quantitative estimate of drug-likeness (QED) is 0.717. The number of nitrogens with one attached hydrogen (secondary N) is 1. The van der Waals surface area contributed by atoms with E-state index in [0.717, 1.165) is 16.7 Å². The molecule has 2 rings (SSSR count). The van der Waals surface area contributed by atoms with E-state index in [4.69, 9.17) is 16.3 Å². The molecule has 1 amide bonds. The lowest BCUT2D eigenvalue weighted by Gasteiger charge is -2.21. The number of methoxy groups -OCH3 is 1. The average Bonchev–Trinajstić information content (AvgIpc) is 2.62. The lowest BCUT2D eigenvalue weighted by molar-refractivity contribution is 0.0693. The Labute approximate surface area is 156 Å².